The summed E-state index contributed by atoms with van der Waals surface area (Å²) in [5.74, 6) is -0.394. The lowest BCUT2D eigenvalue weighted by Gasteiger charge is -2.39. The zero-order valence-electron chi connectivity index (χ0n) is 9.60. The number of rotatable bonds is 5. The van der Waals surface area contributed by atoms with Crippen LogP contribution >= 0.6 is 0 Å². The highest BCUT2D eigenvalue weighted by Gasteiger charge is 2.28. The number of para-hydroxylation sites is 1. The highest BCUT2D eigenvalue weighted by molar-refractivity contribution is 5.85. The van der Waals surface area contributed by atoms with Gasteiger partial charge in [0.05, 0.1) is 12.3 Å². The van der Waals surface area contributed by atoms with Crippen molar-refractivity contribution in [3.63, 3.8) is 0 Å². The minimum absolute atomic E-state index is 0.0386. The molecule has 0 heterocycles. The quantitative estimate of drug-likeness (QED) is 0.796. The van der Waals surface area contributed by atoms with Gasteiger partial charge in [-0.2, -0.15) is 0 Å². The molecule has 1 aliphatic carbocycles. The summed E-state index contributed by atoms with van der Waals surface area (Å²) < 4.78 is 13.8. The van der Waals surface area contributed by atoms with Crippen LogP contribution in [0, 0.1) is 5.82 Å². The Hall–Kier alpha value is -1.42. The van der Waals surface area contributed by atoms with Crippen LogP contribution in [0.2, 0.25) is 0 Å². The van der Waals surface area contributed by atoms with E-state index in [0.29, 0.717) is 24.1 Å². The number of nitrogens with zero attached hydrogens (tertiary/aromatic N) is 1. The van der Waals surface area contributed by atoms with Crippen LogP contribution in [0.25, 0.3) is 0 Å². The Labute approximate surface area is 99.9 Å². The predicted molar refractivity (Wildman–Crippen MR) is 63.9 cm³/mol. The maximum absolute atomic E-state index is 13.8. The summed E-state index contributed by atoms with van der Waals surface area (Å²) in [7, 11) is 0. The summed E-state index contributed by atoms with van der Waals surface area (Å²) in [4.78, 5) is 12.8. The Morgan fingerprint density at radius 1 is 1.47 bits per heavy atom. The van der Waals surface area contributed by atoms with Crippen molar-refractivity contribution in [2.75, 3.05) is 18.1 Å². The van der Waals surface area contributed by atoms with Gasteiger partial charge in [-0.1, -0.05) is 6.07 Å². The largest absolute Gasteiger partial charge is 0.395 e. The fourth-order valence-electron chi connectivity index (χ4n) is 2.21. The van der Waals surface area contributed by atoms with E-state index in [1.807, 2.05) is 4.90 Å². The highest BCUT2D eigenvalue weighted by atomic mass is 19.1. The molecular formula is C13H16FNO2. The first-order chi connectivity index (χ1) is 8.27. The zero-order chi connectivity index (χ0) is 12.3. The summed E-state index contributed by atoms with van der Waals surface area (Å²) in [6.45, 7) is 0.329. The third-order valence-electron chi connectivity index (χ3n) is 3.29. The Morgan fingerprint density at radius 3 is 2.76 bits per heavy atom. The Bertz CT molecular complexity index is 404. The van der Waals surface area contributed by atoms with Crippen LogP contribution < -0.4 is 4.90 Å². The van der Waals surface area contributed by atoms with Crippen LogP contribution in [-0.2, 0) is 0 Å². The lowest BCUT2D eigenvalue weighted by Crippen LogP contribution is -2.43. The van der Waals surface area contributed by atoms with Gasteiger partial charge in [-0.15, -0.1) is 0 Å². The van der Waals surface area contributed by atoms with Crippen LogP contribution in [0.3, 0.4) is 0 Å². The van der Waals surface area contributed by atoms with Crippen molar-refractivity contribution in [1.82, 2.24) is 0 Å². The minimum Gasteiger partial charge on any atom is -0.395 e. The number of benzene rings is 1. The van der Waals surface area contributed by atoms with Gasteiger partial charge in [0.25, 0.3) is 0 Å². The van der Waals surface area contributed by atoms with Crippen molar-refractivity contribution in [2.24, 2.45) is 0 Å². The second kappa shape index (κ2) is 5.27. The van der Waals surface area contributed by atoms with Crippen molar-refractivity contribution in [2.45, 2.75) is 25.3 Å². The molecule has 1 saturated carbocycles. The topological polar surface area (TPSA) is 40.5 Å². The normalized spacial score (nSPS) is 15.4. The Morgan fingerprint density at radius 2 is 2.24 bits per heavy atom. The molecule has 0 atom stereocenters. The lowest BCUT2D eigenvalue weighted by atomic mass is 9.90. The first-order valence-corrected chi connectivity index (χ1v) is 5.89. The molecule has 1 aromatic carbocycles. The third-order valence-corrected chi connectivity index (χ3v) is 3.29. The van der Waals surface area contributed by atoms with Crippen LogP contribution in [0.15, 0.2) is 18.2 Å². The molecule has 0 radical (unpaired) electrons. The number of anilines is 1. The molecule has 2 rings (SSSR count). The molecule has 0 amide bonds. The smallest absolute Gasteiger partial charge is 0.152 e. The standard InChI is InChI=1S/C13H16FNO2/c14-12-6-1-3-10(9-17)13(12)15(7-8-16)11-4-2-5-11/h1,3,6,9,11,16H,2,4-5,7-8H2. The number of aldehydes is 1. The molecule has 4 heteroatoms. The molecule has 1 N–H and O–H groups in total. The predicted octanol–water partition coefficient (Wildman–Crippen LogP) is 1.99. The Kier molecular flexibility index (Phi) is 3.74. The maximum Gasteiger partial charge on any atom is 0.152 e. The molecule has 1 aliphatic rings. The van der Waals surface area contributed by atoms with Crippen molar-refractivity contribution < 1.29 is 14.3 Å². The number of aliphatic hydroxyl groups is 1. The molecule has 17 heavy (non-hydrogen) atoms. The molecule has 0 saturated heterocycles. The van der Waals surface area contributed by atoms with E-state index in [9.17, 15) is 9.18 Å². The third kappa shape index (κ3) is 2.31. The van der Waals surface area contributed by atoms with Crippen molar-refractivity contribution in [1.29, 1.82) is 0 Å². The molecule has 0 unspecified atom stereocenters. The number of hydrogen-bond donors (Lipinski definition) is 1. The summed E-state index contributed by atoms with van der Waals surface area (Å²) in [5, 5.41) is 9.07. The van der Waals surface area contributed by atoms with Gasteiger partial charge in [-0.25, -0.2) is 4.39 Å². The van der Waals surface area contributed by atoms with Gasteiger partial charge in [0.15, 0.2) is 6.29 Å². The minimum atomic E-state index is -0.394. The number of carbonyl (C=O) groups is 1. The average molecular weight is 237 g/mol. The lowest BCUT2D eigenvalue weighted by molar-refractivity contribution is 0.112. The number of hydrogen-bond acceptors (Lipinski definition) is 3. The van der Waals surface area contributed by atoms with E-state index in [2.05, 4.69) is 0 Å². The van der Waals surface area contributed by atoms with Gasteiger partial charge in [0.2, 0.25) is 0 Å². The maximum atomic E-state index is 13.8. The van der Waals surface area contributed by atoms with Crippen molar-refractivity contribution >= 4 is 12.0 Å². The summed E-state index contributed by atoms with van der Waals surface area (Å²) in [6.07, 6.45) is 3.78. The second-order valence-corrected chi connectivity index (χ2v) is 4.30. The van der Waals surface area contributed by atoms with E-state index >= 15 is 0 Å². The van der Waals surface area contributed by atoms with Gasteiger partial charge in [-0.05, 0) is 31.4 Å². The molecular weight excluding hydrogens is 221 g/mol. The number of halogens is 1. The molecule has 0 bridgehead atoms. The van der Waals surface area contributed by atoms with E-state index in [0.717, 1.165) is 19.3 Å². The van der Waals surface area contributed by atoms with Gasteiger partial charge in [0.1, 0.15) is 5.82 Å². The SMILES string of the molecule is O=Cc1cccc(F)c1N(CCO)C1CCC1. The number of aliphatic hydroxyl groups excluding tert-OH is 1. The zero-order valence-corrected chi connectivity index (χ0v) is 9.60. The van der Waals surface area contributed by atoms with Gasteiger partial charge in [0, 0.05) is 18.2 Å². The number of carbonyl (C=O) groups excluding carboxylic acids is 1. The molecule has 1 aromatic rings. The van der Waals surface area contributed by atoms with Gasteiger partial charge < -0.3 is 10.0 Å². The summed E-state index contributed by atoms with van der Waals surface area (Å²) in [5.41, 5.74) is 0.687. The van der Waals surface area contributed by atoms with Crippen LogP contribution in [0.4, 0.5) is 10.1 Å². The molecule has 3 nitrogen and oxygen atoms in total. The van der Waals surface area contributed by atoms with E-state index < -0.39 is 5.82 Å². The first-order valence-electron chi connectivity index (χ1n) is 5.89. The van der Waals surface area contributed by atoms with Crippen LogP contribution in [-0.4, -0.2) is 30.6 Å². The van der Waals surface area contributed by atoms with E-state index in [-0.39, 0.29) is 12.6 Å². The van der Waals surface area contributed by atoms with Crippen LogP contribution in [0.1, 0.15) is 29.6 Å². The van der Waals surface area contributed by atoms with Crippen LogP contribution in [0.5, 0.6) is 0 Å². The molecule has 0 aliphatic heterocycles. The summed E-state index contributed by atoms with van der Waals surface area (Å²) in [6, 6.07) is 4.73. The van der Waals surface area contributed by atoms with E-state index in [4.69, 9.17) is 5.11 Å². The molecule has 92 valence electrons. The highest BCUT2D eigenvalue weighted by Crippen LogP contribution is 2.32. The van der Waals surface area contributed by atoms with Gasteiger partial charge >= 0.3 is 0 Å². The summed E-state index contributed by atoms with van der Waals surface area (Å²) >= 11 is 0. The fraction of sp³-hybridized carbons (Fsp3) is 0.462. The molecule has 1 fully saturated rings. The van der Waals surface area contributed by atoms with E-state index in [1.54, 1.807) is 6.07 Å². The molecule has 0 spiro atoms. The second-order valence-electron chi connectivity index (χ2n) is 4.30. The fourth-order valence-corrected chi connectivity index (χ4v) is 2.21. The van der Waals surface area contributed by atoms with Crippen molar-refractivity contribution in [3.05, 3.63) is 29.6 Å². The Balaban J connectivity index is 2.36. The first kappa shape index (κ1) is 12.0. The monoisotopic (exact) mass is 237 g/mol. The van der Waals surface area contributed by atoms with E-state index in [1.165, 1.54) is 12.1 Å². The average Bonchev–Trinajstić information content (AvgIpc) is 2.26. The molecule has 0 aromatic heterocycles. The van der Waals surface area contributed by atoms with Gasteiger partial charge in [-0.3, -0.25) is 4.79 Å². The van der Waals surface area contributed by atoms with Crippen molar-refractivity contribution in [3.8, 4) is 0 Å².